The summed E-state index contributed by atoms with van der Waals surface area (Å²) in [7, 11) is 0. The minimum absolute atomic E-state index is 0.149. The Bertz CT molecular complexity index is 1140. The van der Waals surface area contributed by atoms with E-state index in [0.29, 0.717) is 30.3 Å². The number of hydrogen-bond donors (Lipinski definition) is 3. The minimum atomic E-state index is -0.269. The van der Waals surface area contributed by atoms with Crippen LogP contribution in [0, 0.1) is 5.92 Å². The number of amides is 3. The molecular weight excluding hydrogens is 496 g/mol. The molecule has 0 aromatic heterocycles. The molecule has 40 heavy (non-hydrogen) atoms. The van der Waals surface area contributed by atoms with E-state index < -0.39 is 0 Å². The third kappa shape index (κ3) is 8.68. The lowest BCUT2D eigenvalue weighted by Crippen LogP contribution is -2.40. The third-order valence-corrected chi connectivity index (χ3v) is 7.78. The zero-order valence-corrected chi connectivity index (χ0v) is 23.8. The van der Waals surface area contributed by atoms with Crippen molar-refractivity contribution in [2.75, 3.05) is 31.5 Å². The molecule has 1 saturated heterocycles. The molecule has 3 N–H and O–H groups in total. The van der Waals surface area contributed by atoms with E-state index in [9.17, 15) is 9.59 Å². The van der Waals surface area contributed by atoms with Crippen molar-refractivity contribution < 1.29 is 9.59 Å². The lowest BCUT2D eigenvalue weighted by Gasteiger charge is -2.38. The second-order valence-electron chi connectivity index (χ2n) is 10.8. The Hall–Kier alpha value is -3.64. The molecule has 0 saturated carbocycles. The smallest absolute Gasteiger partial charge is 0.319 e. The van der Waals surface area contributed by atoms with Crippen molar-refractivity contribution >= 4 is 17.6 Å². The van der Waals surface area contributed by atoms with E-state index in [2.05, 4.69) is 88.4 Å². The fourth-order valence-electron chi connectivity index (χ4n) is 5.52. The van der Waals surface area contributed by atoms with Crippen molar-refractivity contribution in [2.24, 2.45) is 5.92 Å². The van der Waals surface area contributed by atoms with Crippen LogP contribution in [0.4, 0.5) is 10.5 Å². The fourth-order valence-corrected chi connectivity index (χ4v) is 5.52. The lowest BCUT2D eigenvalue weighted by atomic mass is 9.91. The molecule has 0 spiro atoms. The maximum atomic E-state index is 13.1. The van der Waals surface area contributed by atoms with Crippen molar-refractivity contribution in [2.45, 2.75) is 57.9 Å². The van der Waals surface area contributed by atoms with Crippen LogP contribution >= 0.6 is 0 Å². The summed E-state index contributed by atoms with van der Waals surface area (Å²) in [5.74, 6) is 0.271. The van der Waals surface area contributed by atoms with Gasteiger partial charge in [-0.05, 0) is 61.5 Å². The first-order valence-electron chi connectivity index (χ1n) is 14.9. The van der Waals surface area contributed by atoms with Crippen LogP contribution in [0.1, 0.15) is 79.4 Å². The standard InChI is InChI=1S/C34H44N4O2/c1-2-3-4-5-14-23-35-34(40)37-31-20-13-12-19-30(31)33(39)36-26-27-21-24-38(25-22-27)32(28-15-8-6-9-16-28)29-17-10-7-11-18-29/h6-13,15-20,27,32H,2-5,14,21-26H2,1H3,(H,36,39)(H2,35,37,40). The highest BCUT2D eigenvalue weighted by atomic mass is 16.2. The normalized spacial score (nSPS) is 14.2. The van der Waals surface area contributed by atoms with Gasteiger partial charge >= 0.3 is 6.03 Å². The molecule has 6 nitrogen and oxygen atoms in total. The summed E-state index contributed by atoms with van der Waals surface area (Å²) in [5.41, 5.74) is 3.65. The van der Waals surface area contributed by atoms with Gasteiger partial charge in [0.15, 0.2) is 0 Å². The van der Waals surface area contributed by atoms with Gasteiger partial charge in [0.1, 0.15) is 0 Å². The number of para-hydroxylation sites is 1. The first-order chi connectivity index (χ1) is 19.7. The number of nitrogens with one attached hydrogen (secondary N) is 3. The van der Waals surface area contributed by atoms with E-state index in [1.54, 1.807) is 12.1 Å². The molecule has 0 bridgehead atoms. The highest BCUT2D eigenvalue weighted by Gasteiger charge is 2.27. The van der Waals surface area contributed by atoms with Gasteiger partial charge in [0.25, 0.3) is 5.91 Å². The molecule has 1 fully saturated rings. The number of rotatable bonds is 13. The molecule has 4 rings (SSSR count). The minimum Gasteiger partial charge on any atom is -0.352 e. The highest BCUT2D eigenvalue weighted by Crippen LogP contribution is 2.32. The first-order valence-corrected chi connectivity index (χ1v) is 14.9. The maximum Gasteiger partial charge on any atom is 0.319 e. The molecule has 3 amide bonds. The Morgan fingerprint density at radius 2 is 1.38 bits per heavy atom. The number of piperidine rings is 1. The van der Waals surface area contributed by atoms with Crippen LogP contribution < -0.4 is 16.0 Å². The Morgan fingerprint density at radius 3 is 2.02 bits per heavy atom. The second kappa shape index (κ2) is 15.8. The zero-order chi connectivity index (χ0) is 28.0. The molecule has 1 heterocycles. The van der Waals surface area contributed by atoms with Gasteiger partial charge in [0, 0.05) is 13.1 Å². The molecule has 3 aromatic rings. The van der Waals surface area contributed by atoms with Gasteiger partial charge in [0.05, 0.1) is 17.3 Å². The molecule has 1 aliphatic rings. The number of urea groups is 1. The average molecular weight is 541 g/mol. The largest absolute Gasteiger partial charge is 0.352 e. The number of carbonyl (C=O) groups excluding carboxylic acids is 2. The topological polar surface area (TPSA) is 73.5 Å². The molecule has 0 radical (unpaired) electrons. The van der Waals surface area contributed by atoms with Crippen molar-refractivity contribution in [3.05, 3.63) is 102 Å². The first kappa shape index (κ1) is 29.3. The van der Waals surface area contributed by atoms with Crippen molar-refractivity contribution in [3.8, 4) is 0 Å². The van der Waals surface area contributed by atoms with Crippen LogP contribution in [0.25, 0.3) is 0 Å². The number of unbranched alkanes of at least 4 members (excludes halogenated alkanes) is 4. The highest BCUT2D eigenvalue weighted by molar-refractivity contribution is 6.03. The Morgan fingerprint density at radius 1 is 0.775 bits per heavy atom. The summed E-state index contributed by atoms with van der Waals surface area (Å²) in [6.07, 6.45) is 7.76. The zero-order valence-electron chi connectivity index (χ0n) is 23.8. The van der Waals surface area contributed by atoms with E-state index in [1.165, 1.54) is 30.4 Å². The molecular formula is C34H44N4O2. The number of likely N-dealkylation sites (tertiary alicyclic amines) is 1. The van der Waals surface area contributed by atoms with Crippen LogP contribution in [-0.2, 0) is 0 Å². The number of carbonyl (C=O) groups is 2. The molecule has 3 aromatic carbocycles. The van der Waals surface area contributed by atoms with Crippen molar-refractivity contribution in [3.63, 3.8) is 0 Å². The van der Waals surface area contributed by atoms with E-state index in [1.807, 2.05) is 12.1 Å². The van der Waals surface area contributed by atoms with Crippen LogP contribution in [0.2, 0.25) is 0 Å². The molecule has 212 valence electrons. The van der Waals surface area contributed by atoms with E-state index >= 15 is 0 Å². The van der Waals surface area contributed by atoms with E-state index in [0.717, 1.165) is 38.8 Å². The van der Waals surface area contributed by atoms with Crippen LogP contribution in [-0.4, -0.2) is 43.0 Å². The molecule has 0 atom stereocenters. The number of anilines is 1. The molecule has 1 aliphatic heterocycles. The molecule has 0 aliphatic carbocycles. The lowest BCUT2D eigenvalue weighted by molar-refractivity contribution is 0.0931. The number of benzene rings is 3. The van der Waals surface area contributed by atoms with Gasteiger partial charge in [-0.1, -0.05) is 105 Å². The SMILES string of the molecule is CCCCCCCNC(=O)Nc1ccccc1C(=O)NCC1CCN(C(c2ccccc2)c2ccccc2)CC1. The second-order valence-corrected chi connectivity index (χ2v) is 10.8. The predicted molar refractivity (Wildman–Crippen MR) is 164 cm³/mol. The van der Waals surface area contributed by atoms with Crippen LogP contribution in [0.3, 0.4) is 0 Å². The summed E-state index contributed by atoms with van der Waals surface area (Å²) >= 11 is 0. The maximum absolute atomic E-state index is 13.1. The van der Waals surface area contributed by atoms with E-state index in [-0.39, 0.29) is 18.0 Å². The molecule has 6 heteroatoms. The Labute approximate surface area is 239 Å². The summed E-state index contributed by atoms with van der Waals surface area (Å²) < 4.78 is 0. The van der Waals surface area contributed by atoms with Gasteiger partial charge in [-0.25, -0.2) is 4.79 Å². The summed E-state index contributed by atoms with van der Waals surface area (Å²) in [6.45, 7) is 5.41. The summed E-state index contributed by atoms with van der Waals surface area (Å²) in [6, 6.07) is 28.6. The van der Waals surface area contributed by atoms with Crippen LogP contribution in [0.15, 0.2) is 84.9 Å². The predicted octanol–water partition coefficient (Wildman–Crippen LogP) is 7.01. The number of nitrogens with zero attached hydrogens (tertiary/aromatic N) is 1. The third-order valence-electron chi connectivity index (χ3n) is 7.78. The van der Waals surface area contributed by atoms with E-state index in [4.69, 9.17) is 0 Å². The van der Waals surface area contributed by atoms with Crippen molar-refractivity contribution in [1.82, 2.24) is 15.5 Å². The summed E-state index contributed by atoms with van der Waals surface area (Å²) in [5, 5.41) is 8.90. The Balaban J connectivity index is 1.26. The van der Waals surface area contributed by atoms with Gasteiger partial charge < -0.3 is 16.0 Å². The fraction of sp³-hybridized carbons (Fsp3) is 0.412. The van der Waals surface area contributed by atoms with Gasteiger partial charge in [-0.3, -0.25) is 9.69 Å². The molecule has 0 unspecified atom stereocenters. The monoisotopic (exact) mass is 540 g/mol. The van der Waals surface area contributed by atoms with Gasteiger partial charge in [0.2, 0.25) is 0 Å². The number of hydrogen-bond acceptors (Lipinski definition) is 3. The van der Waals surface area contributed by atoms with Gasteiger partial charge in [-0.2, -0.15) is 0 Å². The van der Waals surface area contributed by atoms with Gasteiger partial charge in [-0.15, -0.1) is 0 Å². The summed E-state index contributed by atoms with van der Waals surface area (Å²) in [4.78, 5) is 28.1. The Kier molecular flexibility index (Phi) is 11.6. The van der Waals surface area contributed by atoms with Crippen molar-refractivity contribution in [1.29, 1.82) is 0 Å². The average Bonchev–Trinajstić information content (AvgIpc) is 3.00. The van der Waals surface area contributed by atoms with Crippen LogP contribution in [0.5, 0.6) is 0 Å². The quantitative estimate of drug-likeness (QED) is 0.204.